The Morgan fingerprint density at radius 3 is 2.90 bits per heavy atom. The number of ether oxygens (including phenoxy) is 2. The van der Waals surface area contributed by atoms with E-state index in [2.05, 4.69) is 5.32 Å². The van der Waals surface area contributed by atoms with E-state index in [0.29, 0.717) is 19.7 Å². The first-order chi connectivity index (χ1) is 9.66. The Morgan fingerprint density at radius 2 is 2.20 bits per heavy atom. The van der Waals surface area contributed by atoms with E-state index in [-0.39, 0.29) is 25.2 Å². The van der Waals surface area contributed by atoms with Crippen molar-refractivity contribution in [2.75, 3.05) is 39.5 Å². The third kappa shape index (κ3) is 4.64. The molecule has 0 saturated carbocycles. The van der Waals surface area contributed by atoms with Gasteiger partial charge in [0.2, 0.25) is 5.91 Å². The van der Waals surface area contributed by atoms with Crippen LogP contribution in [0.25, 0.3) is 0 Å². The second-order valence-electron chi connectivity index (χ2n) is 5.21. The van der Waals surface area contributed by atoms with Gasteiger partial charge in [0, 0.05) is 19.7 Å². The number of carbonyl (C=O) groups excluding carboxylic acids is 1. The molecule has 0 bridgehead atoms. The van der Waals surface area contributed by atoms with Gasteiger partial charge in [0.1, 0.15) is 6.04 Å². The summed E-state index contributed by atoms with van der Waals surface area (Å²) in [7, 11) is 0. The van der Waals surface area contributed by atoms with Gasteiger partial charge < -0.3 is 14.8 Å². The highest BCUT2D eigenvalue weighted by molar-refractivity contribution is 5.82. The quantitative estimate of drug-likeness (QED) is 0.808. The summed E-state index contributed by atoms with van der Waals surface area (Å²) in [5, 5.41) is 2.79. The van der Waals surface area contributed by atoms with Gasteiger partial charge >= 0.3 is 0 Å². The number of hydrogen-bond donors (Lipinski definition) is 1. The first-order valence-electron chi connectivity index (χ1n) is 7.16. The molecule has 116 valence electrons. The number of nitrogens with one attached hydrogen (secondary N) is 1. The maximum atomic E-state index is 12.5. The summed E-state index contributed by atoms with van der Waals surface area (Å²) in [6.45, 7) is 1.71. The predicted octanol–water partition coefficient (Wildman–Crippen LogP) is 0.638. The number of morpholine rings is 1. The van der Waals surface area contributed by atoms with E-state index in [4.69, 9.17) is 9.47 Å². The first kappa shape index (κ1) is 15.6. The van der Waals surface area contributed by atoms with Crippen LogP contribution in [0.15, 0.2) is 0 Å². The fourth-order valence-electron chi connectivity index (χ4n) is 2.58. The number of carbonyl (C=O) groups is 1. The number of amides is 1. The lowest BCUT2D eigenvalue weighted by atomic mass is 10.1. The van der Waals surface area contributed by atoms with Crippen molar-refractivity contribution in [3.63, 3.8) is 0 Å². The van der Waals surface area contributed by atoms with Gasteiger partial charge in [-0.1, -0.05) is 0 Å². The zero-order chi connectivity index (χ0) is 14.4. The second-order valence-corrected chi connectivity index (χ2v) is 5.21. The van der Waals surface area contributed by atoms with Crippen LogP contribution in [0.3, 0.4) is 0 Å². The standard InChI is InChI=1S/C13H22F2N2O3/c14-12(15)8-17-4-6-19-9-11(17)13(18)16-7-10-3-1-2-5-20-10/h10-12H,1-9H2,(H,16,18). The van der Waals surface area contributed by atoms with Crippen LogP contribution in [0.5, 0.6) is 0 Å². The molecule has 2 unspecified atom stereocenters. The molecule has 1 N–H and O–H groups in total. The highest BCUT2D eigenvalue weighted by Gasteiger charge is 2.31. The summed E-state index contributed by atoms with van der Waals surface area (Å²) in [5.74, 6) is -0.250. The molecular formula is C13H22F2N2O3. The van der Waals surface area contributed by atoms with Crippen LogP contribution in [0.2, 0.25) is 0 Å². The van der Waals surface area contributed by atoms with Crippen LogP contribution < -0.4 is 5.32 Å². The van der Waals surface area contributed by atoms with Crippen LogP contribution in [-0.4, -0.2) is 68.8 Å². The molecule has 2 atom stereocenters. The molecule has 2 saturated heterocycles. The van der Waals surface area contributed by atoms with Gasteiger partial charge in [-0.25, -0.2) is 8.78 Å². The van der Waals surface area contributed by atoms with Gasteiger partial charge in [-0.2, -0.15) is 0 Å². The predicted molar refractivity (Wildman–Crippen MR) is 68.8 cm³/mol. The summed E-state index contributed by atoms with van der Waals surface area (Å²) >= 11 is 0. The average Bonchev–Trinajstić information content (AvgIpc) is 2.46. The molecule has 20 heavy (non-hydrogen) atoms. The highest BCUT2D eigenvalue weighted by Crippen LogP contribution is 2.13. The van der Waals surface area contributed by atoms with Gasteiger partial charge in [-0.15, -0.1) is 0 Å². The van der Waals surface area contributed by atoms with Gasteiger partial charge in [0.15, 0.2) is 0 Å². The molecule has 0 spiro atoms. The zero-order valence-electron chi connectivity index (χ0n) is 11.5. The molecule has 0 aromatic rings. The summed E-state index contributed by atoms with van der Waals surface area (Å²) in [4.78, 5) is 13.6. The van der Waals surface area contributed by atoms with Crippen LogP contribution in [0.1, 0.15) is 19.3 Å². The topological polar surface area (TPSA) is 50.8 Å². The number of halogens is 2. The molecule has 2 rings (SSSR count). The Morgan fingerprint density at radius 1 is 1.35 bits per heavy atom. The lowest BCUT2D eigenvalue weighted by molar-refractivity contribution is -0.134. The van der Waals surface area contributed by atoms with E-state index in [1.54, 1.807) is 0 Å². The monoisotopic (exact) mass is 292 g/mol. The Labute approximate surface area is 117 Å². The van der Waals surface area contributed by atoms with Gasteiger partial charge in [-0.05, 0) is 19.3 Å². The maximum Gasteiger partial charge on any atom is 0.251 e. The molecule has 2 heterocycles. The van der Waals surface area contributed by atoms with Crippen LogP contribution in [-0.2, 0) is 14.3 Å². The molecule has 2 fully saturated rings. The summed E-state index contributed by atoms with van der Waals surface area (Å²) in [5.41, 5.74) is 0. The molecule has 2 aliphatic rings. The van der Waals surface area contributed by atoms with Crippen LogP contribution >= 0.6 is 0 Å². The smallest absolute Gasteiger partial charge is 0.251 e. The first-order valence-corrected chi connectivity index (χ1v) is 7.16. The van der Waals surface area contributed by atoms with E-state index in [1.807, 2.05) is 0 Å². The Kier molecular flexibility index (Phi) is 6.12. The van der Waals surface area contributed by atoms with Crippen molar-refractivity contribution in [3.8, 4) is 0 Å². The number of nitrogens with zero attached hydrogens (tertiary/aromatic N) is 1. The summed E-state index contributed by atoms with van der Waals surface area (Å²) in [6.07, 6.45) is 0.696. The molecular weight excluding hydrogens is 270 g/mol. The third-order valence-corrected chi connectivity index (χ3v) is 3.69. The molecule has 2 aliphatic heterocycles. The maximum absolute atomic E-state index is 12.5. The van der Waals surface area contributed by atoms with Crippen molar-refractivity contribution < 1.29 is 23.0 Å². The van der Waals surface area contributed by atoms with Crippen molar-refractivity contribution in [2.24, 2.45) is 0 Å². The van der Waals surface area contributed by atoms with Gasteiger partial charge in [-0.3, -0.25) is 9.69 Å². The molecule has 1 amide bonds. The average molecular weight is 292 g/mol. The van der Waals surface area contributed by atoms with E-state index in [9.17, 15) is 13.6 Å². The minimum Gasteiger partial charge on any atom is -0.378 e. The van der Waals surface area contributed by atoms with Crippen molar-refractivity contribution in [1.82, 2.24) is 10.2 Å². The molecule has 0 aromatic carbocycles. The molecule has 0 aromatic heterocycles. The highest BCUT2D eigenvalue weighted by atomic mass is 19.3. The summed E-state index contributed by atoms with van der Waals surface area (Å²) < 4.78 is 35.8. The van der Waals surface area contributed by atoms with Crippen LogP contribution in [0.4, 0.5) is 8.78 Å². The second kappa shape index (κ2) is 7.85. The van der Waals surface area contributed by atoms with Crippen molar-refractivity contribution in [3.05, 3.63) is 0 Å². The Bertz CT molecular complexity index is 312. The van der Waals surface area contributed by atoms with E-state index >= 15 is 0 Å². The zero-order valence-corrected chi connectivity index (χ0v) is 11.5. The lowest BCUT2D eigenvalue weighted by Crippen LogP contribution is -2.55. The number of rotatable bonds is 5. The largest absolute Gasteiger partial charge is 0.378 e. The van der Waals surface area contributed by atoms with Crippen molar-refractivity contribution in [1.29, 1.82) is 0 Å². The Balaban J connectivity index is 1.79. The van der Waals surface area contributed by atoms with Gasteiger partial charge in [0.25, 0.3) is 6.43 Å². The van der Waals surface area contributed by atoms with E-state index in [1.165, 1.54) is 4.90 Å². The molecule has 7 heteroatoms. The molecule has 0 aliphatic carbocycles. The Hall–Kier alpha value is -0.790. The summed E-state index contributed by atoms with van der Waals surface area (Å²) in [6, 6.07) is -0.624. The van der Waals surface area contributed by atoms with Crippen molar-refractivity contribution >= 4 is 5.91 Å². The van der Waals surface area contributed by atoms with Crippen molar-refractivity contribution in [2.45, 2.75) is 37.8 Å². The fraction of sp³-hybridized carbons (Fsp3) is 0.923. The minimum atomic E-state index is -2.44. The molecule has 5 nitrogen and oxygen atoms in total. The lowest BCUT2D eigenvalue weighted by Gasteiger charge is -2.34. The SMILES string of the molecule is O=C(NCC1CCCCO1)C1COCCN1CC(F)F. The normalized spacial score (nSPS) is 28.6. The van der Waals surface area contributed by atoms with Gasteiger partial charge in [0.05, 0.1) is 25.9 Å². The van der Waals surface area contributed by atoms with E-state index in [0.717, 1.165) is 25.9 Å². The van der Waals surface area contributed by atoms with Crippen LogP contribution in [0, 0.1) is 0 Å². The third-order valence-electron chi connectivity index (χ3n) is 3.69. The molecule has 0 radical (unpaired) electrons. The number of hydrogen-bond acceptors (Lipinski definition) is 4. The van der Waals surface area contributed by atoms with E-state index < -0.39 is 12.5 Å². The number of alkyl halides is 2. The minimum absolute atomic E-state index is 0.0424. The fourth-order valence-corrected chi connectivity index (χ4v) is 2.58.